The van der Waals surface area contributed by atoms with Crippen molar-refractivity contribution in [2.24, 2.45) is 0 Å². The summed E-state index contributed by atoms with van der Waals surface area (Å²) in [6.45, 7) is 2.79. The van der Waals surface area contributed by atoms with E-state index in [4.69, 9.17) is 19.5 Å². The minimum Gasteiger partial charge on any atom is -0.507 e. The predicted octanol–water partition coefficient (Wildman–Crippen LogP) is 6.58. The third kappa shape index (κ3) is 8.69. The topological polar surface area (TPSA) is 106 Å². The van der Waals surface area contributed by atoms with E-state index in [1.807, 2.05) is 6.07 Å². The molecule has 0 saturated carbocycles. The number of hydrogen-bond acceptors (Lipinski definition) is 7. The van der Waals surface area contributed by atoms with Crippen LogP contribution in [0.15, 0.2) is 66.7 Å². The van der Waals surface area contributed by atoms with E-state index in [9.17, 15) is 14.7 Å². The van der Waals surface area contributed by atoms with Gasteiger partial charge in [-0.15, -0.1) is 0 Å². The fourth-order valence-corrected chi connectivity index (χ4v) is 3.57. The molecule has 0 atom stereocenters. The van der Waals surface area contributed by atoms with Gasteiger partial charge in [-0.05, 0) is 66.6 Å². The molecule has 0 saturated heterocycles. The lowest BCUT2D eigenvalue weighted by Gasteiger charge is -2.10. The minimum atomic E-state index is -0.772. The number of benzene rings is 3. The van der Waals surface area contributed by atoms with E-state index in [1.165, 1.54) is 43.9 Å². The Bertz CT molecular complexity index is 1210. The van der Waals surface area contributed by atoms with Gasteiger partial charge in [-0.1, -0.05) is 51.2 Å². The Morgan fingerprint density at radius 2 is 1.51 bits per heavy atom. The molecule has 0 bridgehead atoms. The van der Waals surface area contributed by atoms with Crippen LogP contribution in [0.1, 0.15) is 77.3 Å². The van der Waals surface area contributed by atoms with Gasteiger partial charge < -0.3 is 19.3 Å². The van der Waals surface area contributed by atoms with Crippen LogP contribution in [-0.4, -0.2) is 23.7 Å². The second-order valence-electron chi connectivity index (χ2n) is 8.59. The van der Waals surface area contributed by atoms with Crippen molar-refractivity contribution in [1.29, 1.82) is 5.26 Å². The number of esters is 2. The fourth-order valence-electron chi connectivity index (χ4n) is 3.57. The summed E-state index contributed by atoms with van der Waals surface area (Å²) < 4.78 is 16.4. The lowest BCUT2D eigenvalue weighted by Crippen LogP contribution is -2.10. The first kappa shape index (κ1) is 27.3. The summed E-state index contributed by atoms with van der Waals surface area (Å²) in [7, 11) is 0. The molecule has 3 aromatic carbocycles. The number of nitrogens with zero attached hydrogens (tertiary/aromatic N) is 1. The minimum absolute atomic E-state index is 0.0404. The molecule has 3 aromatic rings. The Balaban J connectivity index is 1.51. The summed E-state index contributed by atoms with van der Waals surface area (Å²) in [4.78, 5) is 25.1. The van der Waals surface area contributed by atoms with Crippen molar-refractivity contribution in [3.8, 4) is 23.3 Å². The van der Waals surface area contributed by atoms with E-state index in [1.54, 1.807) is 48.5 Å². The zero-order valence-corrected chi connectivity index (χ0v) is 20.9. The Morgan fingerprint density at radius 3 is 2.22 bits per heavy atom. The highest BCUT2D eigenvalue weighted by Crippen LogP contribution is 2.25. The number of rotatable bonds is 13. The van der Waals surface area contributed by atoms with Gasteiger partial charge in [0.25, 0.3) is 0 Å². The van der Waals surface area contributed by atoms with E-state index >= 15 is 0 Å². The monoisotopic (exact) mass is 501 g/mol. The molecule has 0 radical (unpaired) electrons. The summed E-state index contributed by atoms with van der Waals surface area (Å²) >= 11 is 0. The van der Waals surface area contributed by atoms with Crippen LogP contribution in [0.2, 0.25) is 0 Å². The highest BCUT2D eigenvalue weighted by Gasteiger charge is 2.16. The number of phenols is 1. The summed E-state index contributed by atoms with van der Waals surface area (Å²) in [6, 6.07) is 19.2. The van der Waals surface area contributed by atoms with Gasteiger partial charge in [-0.3, -0.25) is 0 Å². The predicted molar refractivity (Wildman–Crippen MR) is 139 cm³/mol. The van der Waals surface area contributed by atoms with Gasteiger partial charge in [0.2, 0.25) is 0 Å². The molecular formula is C30H31NO6. The zero-order valence-electron chi connectivity index (χ0n) is 20.9. The zero-order chi connectivity index (χ0) is 26.5. The normalized spacial score (nSPS) is 10.4. The average Bonchev–Trinajstić information content (AvgIpc) is 2.92. The van der Waals surface area contributed by atoms with Gasteiger partial charge in [0.15, 0.2) is 0 Å². The van der Waals surface area contributed by atoms with Crippen molar-refractivity contribution < 1.29 is 28.9 Å². The molecule has 0 spiro atoms. The van der Waals surface area contributed by atoms with Crippen molar-refractivity contribution in [1.82, 2.24) is 0 Å². The maximum Gasteiger partial charge on any atom is 0.343 e. The fraction of sp³-hybridized carbons (Fsp3) is 0.300. The van der Waals surface area contributed by atoms with Gasteiger partial charge in [0.1, 0.15) is 29.4 Å². The average molecular weight is 502 g/mol. The highest BCUT2D eigenvalue weighted by molar-refractivity contribution is 5.94. The summed E-state index contributed by atoms with van der Waals surface area (Å²) in [5.41, 5.74) is 1.38. The number of aromatic hydroxyl groups is 1. The molecule has 7 heteroatoms. The number of ether oxygens (including phenoxy) is 3. The lowest BCUT2D eigenvalue weighted by atomic mass is 10.1. The van der Waals surface area contributed by atoms with Gasteiger partial charge in [-0.2, -0.15) is 5.26 Å². The van der Waals surface area contributed by atoms with Gasteiger partial charge >= 0.3 is 11.9 Å². The Labute approximate surface area is 217 Å². The van der Waals surface area contributed by atoms with Gasteiger partial charge in [0.05, 0.1) is 23.8 Å². The van der Waals surface area contributed by atoms with Crippen LogP contribution in [0.4, 0.5) is 0 Å². The molecule has 0 aromatic heterocycles. The SMILES string of the molecule is CCCCCCCCOc1ccc(C(=O)Oc2ccc(O)c(C(=O)OCc3ccc(C#N)cc3)c2)cc1. The summed E-state index contributed by atoms with van der Waals surface area (Å²) in [6.07, 6.45) is 7.11. The molecule has 0 fully saturated rings. The van der Waals surface area contributed by atoms with Crippen molar-refractivity contribution in [2.75, 3.05) is 6.61 Å². The van der Waals surface area contributed by atoms with Gasteiger partial charge in [-0.25, -0.2) is 9.59 Å². The largest absolute Gasteiger partial charge is 0.507 e. The molecule has 0 aliphatic rings. The molecule has 0 heterocycles. The van der Waals surface area contributed by atoms with Crippen molar-refractivity contribution in [3.63, 3.8) is 0 Å². The number of carbonyl (C=O) groups is 2. The lowest BCUT2D eigenvalue weighted by molar-refractivity contribution is 0.0467. The molecular weight excluding hydrogens is 470 g/mol. The van der Waals surface area contributed by atoms with Crippen LogP contribution in [-0.2, 0) is 11.3 Å². The Morgan fingerprint density at radius 1 is 0.838 bits per heavy atom. The summed E-state index contributed by atoms with van der Waals surface area (Å²) in [5.74, 6) is -0.897. The third-order valence-corrected chi connectivity index (χ3v) is 5.71. The maximum absolute atomic E-state index is 12.6. The quantitative estimate of drug-likeness (QED) is 0.160. The van der Waals surface area contributed by atoms with E-state index < -0.39 is 11.9 Å². The summed E-state index contributed by atoms with van der Waals surface area (Å²) in [5, 5.41) is 19.0. The first-order chi connectivity index (χ1) is 18.0. The van der Waals surface area contributed by atoms with Crippen molar-refractivity contribution in [3.05, 3.63) is 89.0 Å². The third-order valence-electron chi connectivity index (χ3n) is 5.71. The van der Waals surface area contributed by atoms with Crippen LogP contribution >= 0.6 is 0 Å². The molecule has 37 heavy (non-hydrogen) atoms. The van der Waals surface area contributed by atoms with Crippen molar-refractivity contribution in [2.45, 2.75) is 52.1 Å². The smallest absolute Gasteiger partial charge is 0.343 e. The van der Waals surface area contributed by atoms with Crippen LogP contribution in [0, 0.1) is 11.3 Å². The molecule has 7 nitrogen and oxygen atoms in total. The number of nitriles is 1. The second kappa shape index (κ2) is 14.3. The van der Waals surface area contributed by atoms with E-state index in [2.05, 4.69) is 6.92 Å². The Kier molecular flexibility index (Phi) is 10.5. The van der Waals surface area contributed by atoms with E-state index in [0.717, 1.165) is 12.8 Å². The number of carbonyl (C=O) groups excluding carboxylic acids is 2. The molecule has 3 rings (SSSR count). The number of unbranched alkanes of at least 4 members (excludes halogenated alkanes) is 5. The van der Waals surface area contributed by atoms with Crippen LogP contribution < -0.4 is 9.47 Å². The molecule has 1 N–H and O–H groups in total. The van der Waals surface area contributed by atoms with Crippen molar-refractivity contribution >= 4 is 11.9 Å². The molecule has 192 valence electrons. The number of phenolic OH excluding ortho intramolecular Hbond substituents is 1. The van der Waals surface area contributed by atoms with E-state index in [0.29, 0.717) is 29.0 Å². The first-order valence-corrected chi connectivity index (χ1v) is 12.4. The van der Waals surface area contributed by atoms with E-state index in [-0.39, 0.29) is 23.7 Å². The van der Waals surface area contributed by atoms with Crippen LogP contribution in [0.3, 0.4) is 0 Å². The van der Waals surface area contributed by atoms with Crippen LogP contribution in [0.5, 0.6) is 17.2 Å². The second-order valence-corrected chi connectivity index (χ2v) is 8.59. The molecule has 0 amide bonds. The maximum atomic E-state index is 12.6. The Hall–Kier alpha value is -4.31. The molecule has 0 unspecified atom stereocenters. The van der Waals surface area contributed by atoms with Crippen LogP contribution in [0.25, 0.3) is 0 Å². The first-order valence-electron chi connectivity index (χ1n) is 12.4. The molecule has 0 aliphatic heterocycles. The standard InChI is InChI=1S/C30H31NO6/c1-2-3-4-5-6-7-18-35-25-14-12-24(13-15-25)29(33)37-26-16-17-28(32)27(19-26)30(34)36-21-23-10-8-22(20-31)9-11-23/h8-17,19,32H,2-7,18,21H2,1H3. The highest BCUT2D eigenvalue weighted by atomic mass is 16.5. The van der Waals surface area contributed by atoms with Gasteiger partial charge in [0, 0.05) is 0 Å². The molecule has 0 aliphatic carbocycles. The number of hydrogen-bond donors (Lipinski definition) is 1.